The first kappa shape index (κ1) is 23.9. The van der Waals surface area contributed by atoms with Gasteiger partial charge < -0.3 is 15.1 Å². The molecular formula is C23H29N3O5. The Morgan fingerprint density at radius 2 is 1.48 bits per heavy atom. The molecule has 3 rings (SSSR count). The van der Waals surface area contributed by atoms with Crippen molar-refractivity contribution in [2.45, 2.75) is 40.0 Å². The van der Waals surface area contributed by atoms with Crippen LogP contribution in [0.5, 0.6) is 0 Å². The molecule has 8 heteroatoms. The van der Waals surface area contributed by atoms with Crippen molar-refractivity contribution < 1.29 is 24.6 Å². The topological polar surface area (TPSA) is 101 Å². The third kappa shape index (κ3) is 5.21. The second kappa shape index (κ2) is 10.6. The predicted octanol–water partition coefficient (Wildman–Crippen LogP) is 3.34. The molecule has 1 heterocycles. The summed E-state index contributed by atoms with van der Waals surface area (Å²) < 4.78 is 0. The summed E-state index contributed by atoms with van der Waals surface area (Å²) >= 11 is 0. The van der Waals surface area contributed by atoms with Crippen LogP contribution < -0.4 is 9.80 Å². The molecule has 1 aliphatic heterocycles. The molecule has 0 bridgehead atoms. The Balaban J connectivity index is 0.000000501. The van der Waals surface area contributed by atoms with Crippen molar-refractivity contribution in [3.05, 3.63) is 60.2 Å². The Bertz CT molecular complexity index is 902. The van der Waals surface area contributed by atoms with Crippen LogP contribution in [0.2, 0.25) is 0 Å². The number of anilines is 2. The number of carboxylic acids is 2. The maximum atomic E-state index is 13.2. The second-order valence-corrected chi connectivity index (χ2v) is 7.03. The minimum absolute atomic E-state index is 0.0552. The highest BCUT2D eigenvalue weighted by Crippen LogP contribution is 2.35. The van der Waals surface area contributed by atoms with E-state index in [2.05, 4.69) is 43.6 Å². The number of nitrogens with zero attached hydrogens (tertiary/aromatic N) is 3. The average Bonchev–Trinajstić information content (AvgIpc) is 2.76. The summed E-state index contributed by atoms with van der Waals surface area (Å²) in [6, 6.07) is 17.9. The number of carbonyl (C=O) groups excluding carboxylic acids is 1. The van der Waals surface area contributed by atoms with Crippen molar-refractivity contribution in [1.82, 2.24) is 4.90 Å². The van der Waals surface area contributed by atoms with Crippen LogP contribution in [-0.4, -0.2) is 58.4 Å². The maximum absolute atomic E-state index is 13.2. The zero-order chi connectivity index (χ0) is 23.1. The van der Waals surface area contributed by atoms with Crippen molar-refractivity contribution in [3.63, 3.8) is 0 Å². The van der Waals surface area contributed by atoms with E-state index < -0.39 is 11.9 Å². The number of amides is 1. The molecule has 2 N–H and O–H groups in total. The molecule has 0 spiro atoms. The Morgan fingerprint density at radius 3 is 2.00 bits per heavy atom. The quantitative estimate of drug-likeness (QED) is 0.706. The summed E-state index contributed by atoms with van der Waals surface area (Å²) in [5.41, 5.74) is 2.72. The highest BCUT2D eigenvalue weighted by molar-refractivity contribution is 6.27. The molecule has 2 unspecified atom stereocenters. The van der Waals surface area contributed by atoms with E-state index in [0.29, 0.717) is 0 Å². The minimum Gasteiger partial charge on any atom is -0.473 e. The van der Waals surface area contributed by atoms with E-state index in [1.165, 1.54) is 0 Å². The summed E-state index contributed by atoms with van der Waals surface area (Å²) in [5, 5.41) is 14.8. The van der Waals surface area contributed by atoms with Crippen molar-refractivity contribution in [1.29, 1.82) is 0 Å². The van der Waals surface area contributed by atoms with Gasteiger partial charge in [-0.2, -0.15) is 0 Å². The Labute approximate surface area is 182 Å². The smallest absolute Gasteiger partial charge is 0.414 e. The predicted molar refractivity (Wildman–Crippen MR) is 119 cm³/mol. The Morgan fingerprint density at radius 1 is 0.968 bits per heavy atom. The van der Waals surface area contributed by atoms with E-state index in [9.17, 15) is 4.79 Å². The van der Waals surface area contributed by atoms with Gasteiger partial charge in [0.2, 0.25) is 0 Å². The van der Waals surface area contributed by atoms with E-state index in [4.69, 9.17) is 19.8 Å². The van der Waals surface area contributed by atoms with Gasteiger partial charge in [-0.05, 0) is 51.2 Å². The summed E-state index contributed by atoms with van der Waals surface area (Å²) in [6.45, 7) is 10.6. The average molecular weight is 428 g/mol. The highest BCUT2D eigenvalue weighted by atomic mass is 16.4. The zero-order valence-electron chi connectivity index (χ0n) is 18.2. The van der Waals surface area contributed by atoms with Gasteiger partial charge in [-0.3, -0.25) is 14.6 Å². The van der Waals surface area contributed by atoms with Crippen molar-refractivity contribution >= 4 is 29.2 Å². The first-order chi connectivity index (χ1) is 14.7. The van der Waals surface area contributed by atoms with Gasteiger partial charge in [0, 0.05) is 5.69 Å². The monoisotopic (exact) mass is 427 g/mol. The molecule has 2 atom stereocenters. The van der Waals surface area contributed by atoms with Crippen LogP contribution >= 0.6 is 0 Å². The lowest BCUT2D eigenvalue weighted by Gasteiger charge is -2.49. The Hall–Kier alpha value is -3.39. The molecule has 0 saturated carbocycles. The van der Waals surface area contributed by atoms with Crippen molar-refractivity contribution in [2.75, 3.05) is 22.9 Å². The fourth-order valence-electron chi connectivity index (χ4n) is 3.87. The standard InChI is InChI=1S/C21H27N3O.C2H2O4/c1-5-22(6-2)16(3)23-17(4)24(18-12-8-7-9-13-18)21(25)19-14-10-11-15-20(19)23;3-1(4)2(5)6/h7-17H,5-6H2,1-4H3;(H,3,4)(H,5,6). The third-order valence-electron chi connectivity index (χ3n) is 5.37. The van der Waals surface area contributed by atoms with Crippen LogP contribution in [0.15, 0.2) is 54.6 Å². The van der Waals surface area contributed by atoms with Crippen LogP contribution in [0, 0.1) is 0 Å². The first-order valence-corrected chi connectivity index (χ1v) is 10.2. The first-order valence-electron chi connectivity index (χ1n) is 10.2. The molecule has 1 aliphatic rings. The second-order valence-electron chi connectivity index (χ2n) is 7.03. The molecule has 8 nitrogen and oxygen atoms in total. The molecule has 1 amide bonds. The molecule has 2 aromatic rings. The number of para-hydroxylation sites is 2. The molecule has 2 aromatic carbocycles. The minimum atomic E-state index is -1.82. The van der Waals surface area contributed by atoms with Crippen LogP contribution in [0.25, 0.3) is 0 Å². The van der Waals surface area contributed by atoms with E-state index in [-0.39, 0.29) is 18.2 Å². The van der Waals surface area contributed by atoms with Gasteiger partial charge >= 0.3 is 11.9 Å². The summed E-state index contributed by atoms with van der Waals surface area (Å²) in [4.78, 5) is 38.1. The van der Waals surface area contributed by atoms with E-state index >= 15 is 0 Å². The lowest BCUT2D eigenvalue weighted by molar-refractivity contribution is -0.159. The molecule has 0 radical (unpaired) electrons. The fraction of sp³-hybridized carbons (Fsp3) is 0.348. The molecule has 166 valence electrons. The number of aliphatic carboxylic acids is 2. The van der Waals surface area contributed by atoms with Crippen LogP contribution in [0.3, 0.4) is 0 Å². The van der Waals surface area contributed by atoms with Gasteiger partial charge in [-0.25, -0.2) is 9.59 Å². The molecule has 0 aliphatic carbocycles. The van der Waals surface area contributed by atoms with Crippen LogP contribution in [0.1, 0.15) is 38.1 Å². The number of rotatable bonds is 5. The zero-order valence-corrected chi connectivity index (χ0v) is 18.2. The number of hydrogen-bond donors (Lipinski definition) is 2. The molecule has 0 saturated heterocycles. The van der Waals surface area contributed by atoms with E-state index in [1.54, 1.807) is 0 Å². The van der Waals surface area contributed by atoms with Gasteiger partial charge in [0.15, 0.2) is 0 Å². The van der Waals surface area contributed by atoms with E-state index in [1.807, 2.05) is 53.4 Å². The number of fused-ring (bicyclic) bond motifs is 1. The third-order valence-corrected chi connectivity index (χ3v) is 5.37. The van der Waals surface area contributed by atoms with Crippen LogP contribution in [-0.2, 0) is 9.59 Å². The van der Waals surface area contributed by atoms with Gasteiger partial charge in [-0.15, -0.1) is 0 Å². The number of hydrogen-bond acceptors (Lipinski definition) is 5. The van der Waals surface area contributed by atoms with E-state index in [0.717, 1.165) is 30.0 Å². The van der Waals surface area contributed by atoms with Crippen molar-refractivity contribution in [2.24, 2.45) is 0 Å². The number of benzene rings is 2. The lowest BCUT2D eigenvalue weighted by atomic mass is 10.0. The molecular weight excluding hydrogens is 398 g/mol. The summed E-state index contributed by atoms with van der Waals surface area (Å²) in [5.74, 6) is -3.58. The van der Waals surface area contributed by atoms with Gasteiger partial charge in [0.25, 0.3) is 5.91 Å². The maximum Gasteiger partial charge on any atom is 0.414 e. The van der Waals surface area contributed by atoms with Gasteiger partial charge in [-0.1, -0.05) is 44.2 Å². The fourth-order valence-corrected chi connectivity index (χ4v) is 3.87. The van der Waals surface area contributed by atoms with Crippen LogP contribution in [0.4, 0.5) is 11.4 Å². The largest absolute Gasteiger partial charge is 0.473 e. The SMILES string of the molecule is CCN(CC)C(C)N1c2ccccc2C(=O)N(c2ccccc2)C1C.O=C(O)C(=O)O. The number of carbonyl (C=O) groups is 3. The van der Waals surface area contributed by atoms with Crippen molar-refractivity contribution in [3.8, 4) is 0 Å². The Kier molecular flexibility index (Phi) is 8.15. The molecule has 0 aromatic heterocycles. The lowest BCUT2D eigenvalue weighted by Crippen LogP contribution is -2.60. The number of carboxylic acid groups (broad SMARTS) is 2. The van der Waals surface area contributed by atoms with Gasteiger partial charge in [0.05, 0.1) is 17.4 Å². The summed E-state index contributed by atoms with van der Waals surface area (Å²) in [6.07, 6.45) is 0.144. The molecule has 31 heavy (non-hydrogen) atoms. The normalized spacial score (nSPS) is 16.3. The molecule has 0 fully saturated rings. The van der Waals surface area contributed by atoms with Gasteiger partial charge in [0.1, 0.15) is 6.17 Å². The highest BCUT2D eigenvalue weighted by Gasteiger charge is 2.38. The summed E-state index contributed by atoms with van der Waals surface area (Å²) in [7, 11) is 0.